The van der Waals surface area contributed by atoms with E-state index in [0.717, 1.165) is 18.4 Å². The van der Waals surface area contributed by atoms with E-state index in [1.165, 1.54) is 0 Å². The number of aliphatic hydroxyl groups excluding tert-OH is 1. The molecule has 0 aromatic rings. The minimum absolute atomic E-state index is 0.0538. The van der Waals surface area contributed by atoms with Crippen LogP contribution in [0.1, 0.15) is 57.8 Å². The molecule has 31 heavy (non-hydrogen) atoms. The monoisotopic (exact) mass is 435 g/mol. The van der Waals surface area contributed by atoms with Gasteiger partial charge in [0.25, 0.3) is 0 Å². The lowest BCUT2D eigenvalue weighted by Gasteiger charge is -2.40. The molecule has 0 aromatic carbocycles. The summed E-state index contributed by atoms with van der Waals surface area (Å²) in [6.45, 7) is -0.400. The number of nitriles is 1. The van der Waals surface area contributed by atoms with Crippen LogP contribution in [-0.2, 0) is 9.59 Å². The number of carbonyl (C=O) groups is 2. The van der Waals surface area contributed by atoms with Crippen molar-refractivity contribution in [2.24, 2.45) is 23.7 Å². The van der Waals surface area contributed by atoms with E-state index in [4.69, 9.17) is 5.26 Å². The van der Waals surface area contributed by atoms with Crippen molar-refractivity contribution in [2.45, 2.75) is 82.2 Å². The first-order valence-corrected chi connectivity index (χ1v) is 11.5. The Morgan fingerprint density at radius 2 is 1.97 bits per heavy atom. The molecule has 0 saturated heterocycles. The minimum Gasteiger partial charge on any atom is -0.394 e. The molecule has 4 rings (SSSR count). The van der Waals surface area contributed by atoms with Gasteiger partial charge < -0.3 is 15.7 Å². The van der Waals surface area contributed by atoms with Crippen LogP contribution in [0, 0.1) is 35.0 Å². The molecule has 6 unspecified atom stereocenters. The van der Waals surface area contributed by atoms with Crippen molar-refractivity contribution in [1.82, 2.24) is 10.6 Å². The lowest BCUT2D eigenvalue weighted by atomic mass is 9.72. The largest absolute Gasteiger partial charge is 0.394 e. The average Bonchev–Trinajstić information content (AvgIpc) is 3.58. The third kappa shape index (κ3) is 4.77. The molecule has 7 atom stereocenters. The number of nitrogens with zero attached hydrogens (tertiary/aromatic N) is 1. The van der Waals surface area contributed by atoms with Crippen molar-refractivity contribution < 1.29 is 23.5 Å². The zero-order valence-corrected chi connectivity index (χ0v) is 17.7. The second kappa shape index (κ2) is 9.23. The van der Waals surface area contributed by atoms with Gasteiger partial charge in [0.05, 0.1) is 25.1 Å². The quantitative estimate of drug-likeness (QED) is 0.596. The summed E-state index contributed by atoms with van der Waals surface area (Å²) in [5.74, 6) is -1.37. The highest BCUT2D eigenvalue weighted by Crippen LogP contribution is 2.48. The molecule has 0 aromatic heterocycles. The maximum atomic E-state index is 14.6. The summed E-state index contributed by atoms with van der Waals surface area (Å²) in [6.07, 6.45) is 2.14. The number of amides is 2. The molecule has 0 spiro atoms. The van der Waals surface area contributed by atoms with Crippen molar-refractivity contribution in [3.63, 3.8) is 0 Å². The van der Waals surface area contributed by atoms with Crippen LogP contribution in [-0.4, -0.2) is 48.0 Å². The molecule has 170 valence electrons. The molecule has 4 aliphatic rings. The summed E-state index contributed by atoms with van der Waals surface area (Å²) in [4.78, 5) is 25.6. The third-order valence-electron chi connectivity index (χ3n) is 7.54. The Morgan fingerprint density at radius 3 is 2.61 bits per heavy atom. The fraction of sp³-hybridized carbons (Fsp3) is 0.783. The highest BCUT2D eigenvalue weighted by atomic mass is 19.1. The van der Waals surface area contributed by atoms with E-state index in [1.807, 2.05) is 0 Å². The van der Waals surface area contributed by atoms with E-state index in [0.29, 0.717) is 37.7 Å². The van der Waals surface area contributed by atoms with Gasteiger partial charge in [-0.2, -0.15) is 5.26 Å². The molecule has 1 heterocycles. The van der Waals surface area contributed by atoms with Gasteiger partial charge in [0.2, 0.25) is 11.8 Å². The predicted octanol–water partition coefficient (Wildman–Crippen LogP) is 2.47. The van der Waals surface area contributed by atoms with Crippen LogP contribution in [0.15, 0.2) is 11.1 Å². The van der Waals surface area contributed by atoms with Crippen molar-refractivity contribution in [3.8, 4) is 6.07 Å². The Hall–Kier alpha value is -2.01. The molecular weight excluding hydrogens is 404 g/mol. The summed E-state index contributed by atoms with van der Waals surface area (Å²) >= 11 is 0. The second-order valence-corrected chi connectivity index (χ2v) is 9.66. The number of alkyl halides is 2. The summed E-state index contributed by atoms with van der Waals surface area (Å²) in [6, 6.07) is 1.28. The van der Waals surface area contributed by atoms with E-state index < -0.39 is 36.8 Å². The van der Waals surface area contributed by atoms with Crippen LogP contribution in [0.5, 0.6) is 0 Å². The van der Waals surface area contributed by atoms with Crippen LogP contribution in [0.4, 0.5) is 8.78 Å². The standard InChI is InChI=1S/C23H31F2N3O3/c24-14-4-6-19-16(8-14)22(13-2-3-13)17(23(31)28-19)9-21(30)27-20(11-29)15-5-1-12(10-26)7-18(15)25/h12-16,18-20,29H,1-9,11H2,(H,27,30)(H,28,31)/t12?,14?,15?,16?,18?,19?,20-/m1/s1. The lowest BCUT2D eigenvalue weighted by molar-refractivity contribution is -0.125. The first-order valence-electron chi connectivity index (χ1n) is 11.5. The Bertz CT molecular complexity index is 791. The molecule has 1 aliphatic heterocycles. The van der Waals surface area contributed by atoms with Gasteiger partial charge in [-0.25, -0.2) is 8.78 Å². The maximum Gasteiger partial charge on any atom is 0.247 e. The number of hydrogen-bond acceptors (Lipinski definition) is 4. The second-order valence-electron chi connectivity index (χ2n) is 9.66. The van der Waals surface area contributed by atoms with Crippen LogP contribution >= 0.6 is 0 Å². The zero-order valence-electron chi connectivity index (χ0n) is 17.7. The molecule has 2 amide bonds. The zero-order chi connectivity index (χ0) is 22.1. The normalized spacial score (nSPS) is 36.8. The number of hydrogen-bond donors (Lipinski definition) is 3. The van der Waals surface area contributed by atoms with Gasteiger partial charge in [-0.15, -0.1) is 0 Å². The van der Waals surface area contributed by atoms with E-state index in [2.05, 4.69) is 16.7 Å². The molecule has 8 heteroatoms. The topological polar surface area (TPSA) is 102 Å². The first kappa shape index (κ1) is 22.2. The highest BCUT2D eigenvalue weighted by molar-refractivity contribution is 6.00. The van der Waals surface area contributed by atoms with Crippen molar-refractivity contribution >= 4 is 11.8 Å². The van der Waals surface area contributed by atoms with E-state index in [1.54, 1.807) is 0 Å². The van der Waals surface area contributed by atoms with E-state index in [9.17, 15) is 23.5 Å². The fourth-order valence-electron chi connectivity index (χ4n) is 5.79. The number of fused-ring (bicyclic) bond motifs is 1. The van der Waals surface area contributed by atoms with Crippen LogP contribution in [0.2, 0.25) is 0 Å². The fourth-order valence-corrected chi connectivity index (χ4v) is 5.79. The molecule has 3 fully saturated rings. The highest BCUT2D eigenvalue weighted by Gasteiger charge is 2.45. The first-order chi connectivity index (χ1) is 14.9. The maximum absolute atomic E-state index is 14.6. The predicted molar refractivity (Wildman–Crippen MR) is 109 cm³/mol. The van der Waals surface area contributed by atoms with Gasteiger partial charge in [-0.05, 0) is 57.3 Å². The molecule has 3 aliphatic carbocycles. The Morgan fingerprint density at radius 1 is 1.19 bits per heavy atom. The molecule has 0 radical (unpaired) electrons. The summed E-state index contributed by atoms with van der Waals surface area (Å²) < 4.78 is 28.7. The summed E-state index contributed by atoms with van der Waals surface area (Å²) in [5, 5.41) is 24.5. The van der Waals surface area contributed by atoms with Crippen molar-refractivity contribution in [3.05, 3.63) is 11.1 Å². The van der Waals surface area contributed by atoms with Gasteiger partial charge in [-0.3, -0.25) is 9.59 Å². The van der Waals surface area contributed by atoms with Gasteiger partial charge >= 0.3 is 0 Å². The van der Waals surface area contributed by atoms with E-state index in [-0.39, 0.29) is 42.5 Å². The summed E-state index contributed by atoms with van der Waals surface area (Å²) in [5.41, 5.74) is 1.38. The van der Waals surface area contributed by atoms with Gasteiger partial charge in [0.1, 0.15) is 12.3 Å². The van der Waals surface area contributed by atoms with Gasteiger partial charge in [-0.1, -0.05) is 5.57 Å². The van der Waals surface area contributed by atoms with Crippen LogP contribution < -0.4 is 10.6 Å². The molecule has 3 N–H and O–H groups in total. The summed E-state index contributed by atoms with van der Waals surface area (Å²) in [7, 11) is 0. The minimum atomic E-state index is -1.26. The number of halogens is 2. The Kier molecular flexibility index (Phi) is 6.61. The molecule has 0 bridgehead atoms. The van der Waals surface area contributed by atoms with Crippen molar-refractivity contribution in [2.75, 3.05) is 6.61 Å². The number of rotatable bonds is 6. The number of aliphatic hydroxyl groups is 1. The SMILES string of the molecule is N#CC1CCC([C@@H](CO)NC(=O)CC2=C(C3CC3)C3CC(F)CCC3NC2=O)C(F)C1. The molecule has 6 nitrogen and oxygen atoms in total. The molecular formula is C23H31F2N3O3. The number of nitrogens with one attached hydrogen (secondary N) is 2. The number of carbonyl (C=O) groups excluding carboxylic acids is 2. The van der Waals surface area contributed by atoms with Gasteiger partial charge in [0.15, 0.2) is 0 Å². The van der Waals surface area contributed by atoms with E-state index >= 15 is 0 Å². The van der Waals surface area contributed by atoms with Crippen LogP contribution in [0.25, 0.3) is 0 Å². The Balaban J connectivity index is 1.47. The third-order valence-corrected chi connectivity index (χ3v) is 7.54. The van der Waals surface area contributed by atoms with Crippen LogP contribution in [0.3, 0.4) is 0 Å². The molecule has 3 saturated carbocycles. The smallest absolute Gasteiger partial charge is 0.247 e. The Labute approximate surface area is 181 Å². The lowest BCUT2D eigenvalue weighted by Crippen LogP contribution is -2.51. The van der Waals surface area contributed by atoms with Crippen molar-refractivity contribution in [1.29, 1.82) is 5.26 Å². The average molecular weight is 436 g/mol. The van der Waals surface area contributed by atoms with Gasteiger partial charge in [0, 0.05) is 29.4 Å².